The van der Waals surface area contributed by atoms with Gasteiger partial charge in [-0.1, -0.05) is 30.0 Å². The number of nitrogens with one attached hydrogen (secondary N) is 1. The third kappa shape index (κ3) is 4.02. The second-order valence-electron chi connectivity index (χ2n) is 5.17. The molecule has 3 rings (SSSR count). The van der Waals surface area contributed by atoms with Crippen LogP contribution >= 0.6 is 27.7 Å². The summed E-state index contributed by atoms with van der Waals surface area (Å²) in [6.07, 6.45) is 2.64. The van der Waals surface area contributed by atoms with Crippen molar-refractivity contribution < 1.29 is 4.74 Å². The molecule has 4 heteroatoms. The Morgan fingerprint density at radius 2 is 2.00 bits per heavy atom. The fraction of sp³-hybridized carbons (Fsp3) is 0.294. The first kappa shape index (κ1) is 14.9. The summed E-state index contributed by atoms with van der Waals surface area (Å²) in [5.74, 6) is 0.911. The Balaban J connectivity index is 1.72. The van der Waals surface area contributed by atoms with Crippen molar-refractivity contribution in [2.75, 3.05) is 7.11 Å². The van der Waals surface area contributed by atoms with Crippen molar-refractivity contribution in [3.63, 3.8) is 0 Å². The van der Waals surface area contributed by atoms with E-state index in [1.807, 2.05) is 18.2 Å². The maximum absolute atomic E-state index is 5.41. The van der Waals surface area contributed by atoms with Crippen LogP contribution in [0.1, 0.15) is 18.4 Å². The molecule has 21 heavy (non-hydrogen) atoms. The molecule has 1 aliphatic carbocycles. The SMILES string of the molecule is COc1ccccc1Sc1ccc(CNC2CC2)cc1Br. The van der Waals surface area contributed by atoms with Gasteiger partial charge in [0.1, 0.15) is 5.75 Å². The predicted octanol–water partition coefficient (Wildman–Crippen LogP) is 4.86. The quantitative estimate of drug-likeness (QED) is 0.791. The fourth-order valence-electron chi connectivity index (χ4n) is 2.11. The Morgan fingerprint density at radius 1 is 1.19 bits per heavy atom. The highest BCUT2D eigenvalue weighted by Gasteiger charge is 2.20. The summed E-state index contributed by atoms with van der Waals surface area (Å²) >= 11 is 5.40. The molecule has 1 saturated carbocycles. The largest absolute Gasteiger partial charge is 0.496 e. The maximum Gasteiger partial charge on any atom is 0.132 e. The van der Waals surface area contributed by atoms with Crippen molar-refractivity contribution in [2.24, 2.45) is 0 Å². The minimum absolute atomic E-state index is 0.742. The highest BCUT2D eigenvalue weighted by atomic mass is 79.9. The van der Waals surface area contributed by atoms with E-state index in [9.17, 15) is 0 Å². The van der Waals surface area contributed by atoms with Crippen LogP contribution in [0.5, 0.6) is 5.75 Å². The molecule has 1 fully saturated rings. The summed E-state index contributed by atoms with van der Waals surface area (Å²) in [7, 11) is 1.71. The Labute approximate surface area is 138 Å². The summed E-state index contributed by atoms with van der Waals surface area (Å²) in [5, 5.41) is 3.54. The molecule has 0 amide bonds. The van der Waals surface area contributed by atoms with E-state index in [1.54, 1.807) is 18.9 Å². The Morgan fingerprint density at radius 3 is 2.71 bits per heavy atom. The first-order chi connectivity index (χ1) is 10.3. The molecular formula is C17H18BrNOS. The molecule has 1 aliphatic rings. The lowest BCUT2D eigenvalue weighted by Crippen LogP contribution is -2.15. The smallest absolute Gasteiger partial charge is 0.132 e. The number of benzene rings is 2. The summed E-state index contributed by atoms with van der Waals surface area (Å²) in [6.45, 7) is 0.947. The van der Waals surface area contributed by atoms with Crippen molar-refractivity contribution in [3.8, 4) is 5.75 Å². The van der Waals surface area contributed by atoms with Gasteiger partial charge in [-0.25, -0.2) is 0 Å². The van der Waals surface area contributed by atoms with E-state index in [0.29, 0.717) is 0 Å². The third-order valence-electron chi connectivity index (χ3n) is 3.46. The predicted molar refractivity (Wildman–Crippen MR) is 91.1 cm³/mol. The average Bonchev–Trinajstić information content (AvgIpc) is 3.32. The van der Waals surface area contributed by atoms with Crippen molar-refractivity contribution in [2.45, 2.75) is 35.2 Å². The lowest BCUT2D eigenvalue weighted by molar-refractivity contribution is 0.405. The molecule has 0 aromatic heterocycles. The Hall–Kier alpha value is -0.970. The minimum Gasteiger partial charge on any atom is -0.496 e. The Bertz CT molecular complexity index is 628. The van der Waals surface area contributed by atoms with Gasteiger partial charge in [-0.05, 0) is 58.6 Å². The molecule has 0 atom stereocenters. The standard InChI is InChI=1S/C17H18BrNOS/c1-20-15-4-2-3-5-17(15)21-16-9-6-12(10-14(16)18)11-19-13-7-8-13/h2-6,9-10,13,19H,7-8,11H2,1H3. The maximum atomic E-state index is 5.41. The van der Waals surface area contributed by atoms with Crippen molar-refractivity contribution in [3.05, 3.63) is 52.5 Å². The molecule has 0 bridgehead atoms. The normalized spacial score (nSPS) is 14.2. The number of rotatable bonds is 6. The first-order valence-electron chi connectivity index (χ1n) is 7.09. The molecule has 2 nitrogen and oxygen atoms in total. The van der Waals surface area contributed by atoms with Crippen molar-refractivity contribution in [1.82, 2.24) is 5.32 Å². The van der Waals surface area contributed by atoms with Gasteiger partial charge < -0.3 is 10.1 Å². The fourth-order valence-corrected chi connectivity index (χ4v) is 3.71. The van der Waals surface area contributed by atoms with Crippen molar-refractivity contribution >= 4 is 27.7 Å². The van der Waals surface area contributed by atoms with Gasteiger partial charge in [0.2, 0.25) is 0 Å². The van der Waals surface area contributed by atoms with Gasteiger partial charge in [0, 0.05) is 22.0 Å². The van der Waals surface area contributed by atoms with E-state index >= 15 is 0 Å². The van der Waals surface area contributed by atoms with Crippen LogP contribution in [0.25, 0.3) is 0 Å². The molecule has 0 heterocycles. The van der Waals surface area contributed by atoms with Crippen LogP contribution in [-0.4, -0.2) is 13.2 Å². The summed E-state index contributed by atoms with van der Waals surface area (Å²) in [6, 6.07) is 15.4. The third-order valence-corrected chi connectivity index (χ3v) is 5.51. The topological polar surface area (TPSA) is 21.3 Å². The molecule has 1 N–H and O–H groups in total. The van der Waals surface area contributed by atoms with Gasteiger partial charge in [-0.15, -0.1) is 0 Å². The summed E-state index contributed by atoms with van der Waals surface area (Å²) < 4.78 is 6.54. The zero-order chi connectivity index (χ0) is 14.7. The van der Waals surface area contributed by atoms with E-state index in [0.717, 1.165) is 27.7 Å². The molecule has 0 saturated heterocycles. The average molecular weight is 364 g/mol. The second-order valence-corrected chi connectivity index (χ2v) is 7.11. The molecule has 2 aromatic rings. The van der Waals surface area contributed by atoms with E-state index in [1.165, 1.54) is 23.3 Å². The zero-order valence-corrected chi connectivity index (χ0v) is 14.3. The molecular weight excluding hydrogens is 346 g/mol. The van der Waals surface area contributed by atoms with Gasteiger partial charge in [0.05, 0.1) is 12.0 Å². The molecule has 110 valence electrons. The molecule has 0 radical (unpaired) electrons. The minimum atomic E-state index is 0.742. The Kier molecular flexibility index (Phi) is 4.88. The van der Waals surface area contributed by atoms with Crippen LogP contribution in [0.15, 0.2) is 56.7 Å². The van der Waals surface area contributed by atoms with Gasteiger partial charge in [0.15, 0.2) is 0 Å². The number of hydrogen-bond donors (Lipinski definition) is 1. The number of para-hydroxylation sites is 1. The molecule has 2 aromatic carbocycles. The molecule has 0 aliphatic heterocycles. The van der Waals surface area contributed by atoms with E-state index in [-0.39, 0.29) is 0 Å². The van der Waals surface area contributed by atoms with Crippen LogP contribution in [0.2, 0.25) is 0 Å². The number of methoxy groups -OCH3 is 1. The highest BCUT2D eigenvalue weighted by Crippen LogP contribution is 2.38. The van der Waals surface area contributed by atoms with E-state index < -0.39 is 0 Å². The van der Waals surface area contributed by atoms with Gasteiger partial charge in [-0.2, -0.15) is 0 Å². The van der Waals surface area contributed by atoms with Crippen LogP contribution < -0.4 is 10.1 Å². The van der Waals surface area contributed by atoms with E-state index in [4.69, 9.17) is 4.74 Å². The van der Waals surface area contributed by atoms with Gasteiger partial charge in [-0.3, -0.25) is 0 Å². The zero-order valence-electron chi connectivity index (χ0n) is 11.9. The lowest BCUT2D eigenvalue weighted by Gasteiger charge is -2.10. The summed E-state index contributed by atoms with van der Waals surface area (Å²) in [5.41, 5.74) is 1.32. The first-order valence-corrected chi connectivity index (χ1v) is 8.70. The summed E-state index contributed by atoms with van der Waals surface area (Å²) in [4.78, 5) is 2.33. The van der Waals surface area contributed by atoms with Gasteiger partial charge in [0.25, 0.3) is 0 Å². The van der Waals surface area contributed by atoms with Crippen LogP contribution in [0, 0.1) is 0 Å². The molecule has 0 spiro atoms. The lowest BCUT2D eigenvalue weighted by atomic mass is 10.2. The van der Waals surface area contributed by atoms with Crippen LogP contribution in [0.4, 0.5) is 0 Å². The number of ether oxygens (including phenoxy) is 1. The number of hydrogen-bond acceptors (Lipinski definition) is 3. The van der Waals surface area contributed by atoms with Crippen molar-refractivity contribution in [1.29, 1.82) is 0 Å². The van der Waals surface area contributed by atoms with Gasteiger partial charge >= 0.3 is 0 Å². The number of halogens is 1. The monoisotopic (exact) mass is 363 g/mol. The highest BCUT2D eigenvalue weighted by molar-refractivity contribution is 9.10. The second kappa shape index (κ2) is 6.86. The van der Waals surface area contributed by atoms with Crippen LogP contribution in [-0.2, 0) is 6.54 Å². The molecule has 0 unspecified atom stereocenters. The van der Waals surface area contributed by atoms with Crippen LogP contribution in [0.3, 0.4) is 0 Å². The van der Waals surface area contributed by atoms with E-state index in [2.05, 4.69) is 45.5 Å².